The Labute approximate surface area is 145 Å². The highest BCUT2D eigenvalue weighted by Gasteiger charge is 2.31. The minimum absolute atomic E-state index is 0.203. The summed E-state index contributed by atoms with van der Waals surface area (Å²) in [6.45, 7) is 5.72. The Bertz CT molecular complexity index is 527. The smallest absolute Gasteiger partial charge is 0.227 e. The lowest BCUT2D eigenvalue weighted by atomic mass is 9.94. The van der Waals surface area contributed by atoms with Crippen molar-refractivity contribution in [3.05, 3.63) is 18.2 Å². The fraction of sp³-hybridized carbons (Fsp3) is 0.778. The molecule has 0 spiro atoms. The summed E-state index contributed by atoms with van der Waals surface area (Å²) in [6.07, 6.45) is 8.24. The van der Waals surface area contributed by atoms with Crippen LogP contribution in [0.1, 0.15) is 37.4 Å². The molecule has 0 saturated carbocycles. The van der Waals surface area contributed by atoms with Gasteiger partial charge in [0.1, 0.15) is 5.82 Å². The number of piperidine rings is 1. The van der Waals surface area contributed by atoms with Crippen LogP contribution >= 0.6 is 0 Å². The second-order valence-corrected chi connectivity index (χ2v) is 7.42. The fourth-order valence-electron chi connectivity index (χ4n) is 3.91. The number of aromatic nitrogens is 2. The molecule has 6 heteroatoms. The van der Waals surface area contributed by atoms with Crippen LogP contribution in [0, 0.1) is 5.92 Å². The summed E-state index contributed by atoms with van der Waals surface area (Å²) in [4.78, 5) is 21.4. The molecule has 0 radical (unpaired) electrons. The third kappa shape index (κ3) is 4.16. The standard InChI is InChI=1S/C18H31N5O/c1-21(2)9-3-10-22-13-8-20-17(22)15-5-11-23(12-6-15)18(24)16-4-7-19-14-16/h8,13,15-16,19H,3-7,9-12,14H2,1-2H3/t16-/m0/s1. The predicted octanol–water partition coefficient (Wildman–Crippen LogP) is 1.15. The average Bonchev–Trinajstić information content (AvgIpc) is 3.26. The van der Waals surface area contributed by atoms with E-state index in [2.05, 4.69) is 45.0 Å². The summed E-state index contributed by atoms with van der Waals surface area (Å²) < 4.78 is 2.31. The molecule has 134 valence electrons. The number of imidazole rings is 1. The van der Waals surface area contributed by atoms with Gasteiger partial charge in [0.15, 0.2) is 0 Å². The van der Waals surface area contributed by atoms with E-state index in [1.807, 2.05) is 6.20 Å². The zero-order valence-electron chi connectivity index (χ0n) is 15.1. The van der Waals surface area contributed by atoms with Crippen LogP contribution < -0.4 is 5.32 Å². The van der Waals surface area contributed by atoms with Gasteiger partial charge in [0, 0.05) is 44.5 Å². The van der Waals surface area contributed by atoms with Gasteiger partial charge in [-0.05, 0) is 52.9 Å². The van der Waals surface area contributed by atoms with Gasteiger partial charge in [-0.25, -0.2) is 4.98 Å². The number of nitrogens with one attached hydrogen (secondary N) is 1. The van der Waals surface area contributed by atoms with E-state index in [1.54, 1.807) is 0 Å². The number of aryl methyl sites for hydroxylation is 1. The van der Waals surface area contributed by atoms with Gasteiger partial charge in [0.2, 0.25) is 5.91 Å². The third-order valence-electron chi connectivity index (χ3n) is 5.33. The van der Waals surface area contributed by atoms with Gasteiger partial charge >= 0.3 is 0 Å². The molecule has 1 N–H and O–H groups in total. The lowest BCUT2D eigenvalue weighted by Gasteiger charge is -2.33. The van der Waals surface area contributed by atoms with Crippen molar-refractivity contribution < 1.29 is 4.79 Å². The Hall–Kier alpha value is -1.40. The minimum Gasteiger partial charge on any atom is -0.342 e. The summed E-state index contributed by atoms with van der Waals surface area (Å²) >= 11 is 0. The highest BCUT2D eigenvalue weighted by atomic mass is 16.2. The highest BCUT2D eigenvalue weighted by molar-refractivity contribution is 5.79. The van der Waals surface area contributed by atoms with Gasteiger partial charge in [0.05, 0.1) is 5.92 Å². The highest BCUT2D eigenvalue weighted by Crippen LogP contribution is 2.28. The lowest BCUT2D eigenvalue weighted by molar-refractivity contribution is -0.136. The maximum atomic E-state index is 12.5. The predicted molar refractivity (Wildman–Crippen MR) is 94.9 cm³/mol. The quantitative estimate of drug-likeness (QED) is 0.848. The molecule has 1 atom stereocenters. The molecule has 1 amide bonds. The Morgan fingerprint density at radius 1 is 1.33 bits per heavy atom. The zero-order valence-corrected chi connectivity index (χ0v) is 15.1. The molecule has 2 aliphatic rings. The summed E-state index contributed by atoms with van der Waals surface area (Å²) in [6, 6.07) is 0. The van der Waals surface area contributed by atoms with Crippen LogP contribution in [0.15, 0.2) is 12.4 Å². The average molecular weight is 333 g/mol. The Kier molecular flexibility index (Phi) is 5.89. The van der Waals surface area contributed by atoms with Crippen molar-refractivity contribution in [3.63, 3.8) is 0 Å². The van der Waals surface area contributed by atoms with Crippen molar-refractivity contribution in [1.29, 1.82) is 0 Å². The van der Waals surface area contributed by atoms with Crippen LogP contribution in [-0.4, -0.2) is 72.1 Å². The molecule has 2 fully saturated rings. The molecule has 0 bridgehead atoms. The Morgan fingerprint density at radius 3 is 2.79 bits per heavy atom. The molecule has 0 aliphatic carbocycles. The van der Waals surface area contributed by atoms with Crippen LogP contribution in [0.5, 0.6) is 0 Å². The second kappa shape index (κ2) is 8.12. The molecule has 0 unspecified atom stereocenters. The van der Waals surface area contributed by atoms with Crippen molar-refractivity contribution in [2.24, 2.45) is 5.92 Å². The SMILES string of the molecule is CN(C)CCCn1ccnc1C1CCN(C(=O)[C@H]2CCNC2)CC1. The minimum atomic E-state index is 0.203. The largest absolute Gasteiger partial charge is 0.342 e. The second-order valence-electron chi connectivity index (χ2n) is 7.42. The zero-order chi connectivity index (χ0) is 16.9. The third-order valence-corrected chi connectivity index (χ3v) is 5.33. The molecule has 2 saturated heterocycles. The first-order valence-corrected chi connectivity index (χ1v) is 9.30. The van der Waals surface area contributed by atoms with E-state index < -0.39 is 0 Å². The van der Waals surface area contributed by atoms with Gasteiger partial charge in [0.25, 0.3) is 0 Å². The summed E-state index contributed by atoms with van der Waals surface area (Å²) in [5.74, 6) is 2.26. The molecule has 3 rings (SSSR count). The number of rotatable bonds is 6. The van der Waals surface area contributed by atoms with E-state index in [1.165, 1.54) is 5.82 Å². The van der Waals surface area contributed by atoms with E-state index in [9.17, 15) is 4.79 Å². The monoisotopic (exact) mass is 333 g/mol. The molecular formula is C18H31N5O. The van der Waals surface area contributed by atoms with Crippen molar-refractivity contribution in [2.45, 2.75) is 38.1 Å². The van der Waals surface area contributed by atoms with Gasteiger partial charge in [-0.3, -0.25) is 4.79 Å². The number of carbonyl (C=O) groups excluding carboxylic acids is 1. The first-order valence-electron chi connectivity index (χ1n) is 9.30. The maximum Gasteiger partial charge on any atom is 0.227 e. The number of carbonyl (C=O) groups is 1. The van der Waals surface area contributed by atoms with Crippen LogP contribution in [0.2, 0.25) is 0 Å². The van der Waals surface area contributed by atoms with E-state index in [4.69, 9.17) is 0 Å². The summed E-state index contributed by atoms with van der Waals surface area (Å²) in [5.41, 5.74) is 0. The van der Waals surface area contributed by atoms with Crippen molar-refractivity contribution in [3.8, 4) is 0 Å². The lowest BCUT2D eigenvalue weighted by Crippen LogP contribution is -2.42. The topological polar surface area (TPSA) is 53.4 Å². The normalized spacial score (nSPS) is 22.5. The van der Waals surface area contributed by atoms with Crippen LogP contribution in [-0.2, 0) is 11.3 Å². The van der Waals surface area contributed by atoms with Crippen LogP contribution in [0.4, 0.5) is 0 Å². The summed E-state index contributed by atoms with van der Waals surface area (Å²) in [5, 5.41) is 3.29. The molecule has 6 nitrogen and oxygen atoms in total. The summed E-state index contributed by atoms with van der Waals surface area (Å²) in [7, 11) is 4.23. The maximum absolute atomic E-state index is 12.5. The first kappa shape index (κ1) is 17.4. The van der Waals surface area contributed by atoms with Crippen LogP contribution in [0.3, 0.4) is 0 Å². The fourth-order valence-corrected chi connectivity index (χ4v) is 3.91. The van der Waals surface area contributed by atoms with E-state index in [-0.39, 0.29) is 5.92 Å². The van der Waals surface area contributed by atoms with Gasteiger partial charge < -0.3 is 19.7 Å². The number of hydrogen-bond donors (Lipinski definition) is 1. The van der Waals surface area contributed by atoms with Crippen molar-refractivity contribution in [2.75, 3.05) is 46.8 Å². The van der Waals surface area contributed by atoms with E-state index in [0.29, 0.717) is 11.8 Å². The van der Waals surface area contributed by atoms with Crippen molar-refractivity contribution in [1.82, 2.24) is 24.7 Å². The number of amides is 1. The van der Waals surface area contributed by atoms with Gasteiger partial charge in [-0.2, -0.15) is 0 Å². The number of nitrogens with zero attached hydrogens (tertiary/aromatic N) is 4. The molecular weight excluding hydrogens is 302 g/mol. The van der Waals surface area contributed by atoms with Crippen molar-refractivity contribution >= 4 is 5.91 Å². The molecule has 3 heterocycles. The van der Waals surface area contributed by atoms with Crippen LogP contribution in [0.25, 0.3) is 0 Å². The van der Waals surface area contributed by atoms with E-state index >= 15 is 0 Å². The number of likely N-dealkylation sites (tertiary alicyclic amines) is 1. The molecule has 1 aromatic rings. The Balaban J connectivity index is 1.51. The van der Waals surface area contributed by atoms with Gasteiger partial charge in [-0.1, -0.05) is 0 Å². The number of hydrogen-bond acceptors (Lipinski definition) is 4. The molecule has 2 aliphatic heterocycles. The molecule has 0 aromatic carbocycles. The van der Waals surface area contributed by atoms with E-state index in [0.717, 1.165) is 65.0 Å². The first-order chi connectivity index (χ1) is 11.6. The molecule has 24 heavy (non-hydrogen) atoms. The van der Waals surface area contributed by atoms with Gasteiger partial charge in [-0.15, -0.1) is 0 Å². The molecule has 1 aromatic heterocycles. The Morgan fingerprint density at radius 2 is 2.12 bits per heavy atom.